The number of carboxylic acid groups (broad SMARTS) is 1. The van der Waals surface area contributed by atoms with Crippen molar-refractivity contribution in [3.05, 3.63) is 40.9 Å². The molecule has 0 aliphatic heterocycles. The molecule has 0 aromatic heterocycles. The van der Waals surface area contributed by atoms with Crippen molar-refractivity contribution in [2.45, 2.75) is 38.0 Å². The molecule has 1 aliphatic carbocycles. The maximum atomic E-state index is 11.7. The molecule has 0 atom stereocenters. The largest absolute Gasteiger partial charge is 0.488 e. The van der Waals surface area contributed by atoms with Gasteiger partial charge < -0.3 is 9.84 Å². The van der Waals surface area contributed by atoms with Crippen LogP contribution in [-0.2, 0) is 10.2 Å². The first-order chi connectivity index (χ1) is 9.47. The fraction of sp³-hybridized carbons (Fsp3) is 0.438. The Morgan fingerprint density at radius 2 is 2.10 bits per heavy atom. The van der Waals surface area contributed by atoms with Crippen molar-refractivity contribution in [1.29, 1.82) is 0 Å². The van der Waals surface area contributed by atoms with E-state index in [4.69, 9.17) is 16.3 Å². The summed E-state index contributed by atoms with van der Waals surface area (Å²) in [7, 11) is 0. The predicted molar refractivity (Wildman–Crippen MR) is 79.5 cm³/mol. The number of hydrogen-bond acceptors (Lipinski definition) is 2. The molecule has 0 spiro atoms. The molecule has 2 rings (SSSR count). The predicted octanol–water partition coefficient (Wildman–Crippen LogP) is 4.19. The monoisotopic (exact) mass is 294 g/mol. The summed E-state index contributed by atoms with van der Waals surface area (Å²) in [6.45, 7) is 6.03. The van der Waals surface area contributed by atoms with Gasteiger partial charge in [-0.15, -0.1) is 0 Å². The molecule has 1 saturated carbocycles. The molecule has 1 fully saturated rings. The Bertz CT molecular complexity index is 531. The topological polar surface area (TPSA) is 46.5 Å². The van der Waals surface area contributed by atoms with Gasteiger partial charge in [-0.25, -0.2) is 0 Å². The molecule has 0 bridgehead atoms. The number of carbonyl (C=O) groups is 1. The quantitative estimate of drug-likeness (QED) is 0.828. The number of benzene rings is 1. The van der Waals surface area contributed by atoms with Crippen LogP contribution in [0.2, 0.25) is 5.02 Å². The maximum Gasteiger partial charge on any atom is 0.314 e. The van der Waals surface area contributed by atoms with Gasteiger partial charge in [-0.3, -0.25) is 4.79 Å². The van der Waals surface area contributed by atoms with Crippen molar-refractivity contribution in [3.8, 4) is 5.75 Å². The molecular weight excluding hydrogens is 276 g/mol. The van der Waals surface area contributed by atoms with Crippen LogP contribution in [0.5, 0.6) is 5.75 Å². The lowest BCUT2D eigenvalue weighted by molar-refractivity contribution is -0.143. The average molecular weight is 295 g/mol. The van der Waals surface area contributed by atoms with Crippen LogP contribution in [0.3, 0.4) is 0 Å². The van der Waals surface area contributed by atoms with Crippen molar-refractivity contribution in [2.24, 2.45) is 0 Å². The summed E-state index contributed by atoms with van der Waals surface area (Å²) in [4.78, 5) is 11.7. The van der Waals surface area contributed by atoms with Gasteiger partial charge >= 0.3 is 5.97 Å². The Kier molecular flexibility index (Phi) is 4.39. The van der Waals surface area contributed by atoms with E-state index >= 15 is 0 Å². The number of halogens is 1. The SMILES string of the molecule is C=C(C)COc1cccc(C2(C(=O)O)CCCC2)c1Cl. The molecule has 1 aromatic rings. The fourth-order valence-corrected chi connectivity index (χ4v) is 3.13. The molecule has 1 aromatic carbocycles. The van der Waals surface area contributed by atoms with E-state index in [1.54, 1.807) is 18.2 Å². The van der Waals surface area contributed by atoms with Crippen LogP contribution in [0.1, 0.15) is 38.2 Å². The van der Waals surface area contributed by atoms with Crippen LogP contribution in [0.4, 0.5) is 0 Å². The first kappa shape index (κ1) is 14.9. The molecule has 1 aliphatic rings. The van der Waals surface area contributed by atoms with E-state index in [1.165, 1.54) is 0 Å². The van der Waals surface area contributed by atoms with Gasteiger partial charge in [0.05, 0.1) is 10.4 Å². The zero-order valence-corrected chi connectivity index (χ0v) is 12.4. The number of hydrogen-bond donors (Lipinski definition) is 1. The van der Waals surface area contributed by atoms with E-state index in [0.29, 0.717) is 35.8 Å². The minimum absolute atomic E-state index is 0.378. The van der Waals surface area contributed by atoms with Crippen LogP contribution in [0, 0.1) is 0 Å². The zero-order chi connectivity index (χ0) is 14.8. The Labute approximate surface area is 124 Å². The molecule has 20 heavy (non-hydrogen) atoms. The lowest BCUT2D eigenvalue weighted by Gasteiger charge is -2.26. The zero-order valence-electron chi connectivity index (χ0n) is 11.6. The minimum atomic E-state index is -0.861. The number of carboxylic acids is 1. The smallest absolute Gasteiger partial charge is 0.314 e. The third kappa shape index (κ3) is 2.68. The van der Waals surface area contributed by atoms with Crippen molar-refractivity contribution in [1.82, 2.24) is 0 Å². The number of rotatable bonds is 5. The first-order valence-electron chi connectivity index (χ1n) is 6.77. The molecule has 0 saturated heterocycles. The Morgan fingerprint density at radius 1 is 1.45 bits per heavy atom. The second-order valence-corrected chi connectivity index (χ2v) is 5.84. The van der Waals surface area contributed by atoms with Crippen LogP contribution < -0.4 is 4.74 Å². The molecule has 108 valence electrons. The standard InChI is InChI=1S/C16H19ClO3/c1-11(2)10-20-13-7-5-6-12(14(13)17)16(15(18)19)8-3-4-9-16/h5-7H,1,3-4,8-10H2,2H3,(H,18,19). The first-order valence-corrected chi connectivity index (χ1v) is 7.15. The van der Waals surface area contributed by atoms with Gasteiger partial charge in [0.2, 0.25) is 0 Å². The second kappa shape index (κ2) is 5.88. The summed E-state index contributed by atoms with van der Waals surface area (Å²) >= 11 is 6.39. The lowest BCUT2D eigenvalue weighted by Crippen LogP contribution is -2.33. The summed E-state index contributed by atoms with van der Waals surface area (Å²) in [5.74, 6) is -0.270. The van der Waals surface area contributed by atoms with Crippen LogP contribution >= 0.6 is 11.6 Å². The highest BCUT2D eigenvalue weighted by Crippen LogP contribution is 2.46. The second-order valence-electron chi connectivity index (χ2n) is 5.46. The number of aliphatic carboxylic acids is 1. The van der Waals surface area contributed by atoms with Crippen LogP contribution in [0.25, 0.3) is 0 Å². The van der Waals surface area contributed by atoms with Crippen LogP contribution in [0.15, 0.2) is 30.4 Å². The molecular formula is C16H19ClO3. The minimum Gasteiger partial charge on any atom is -0.488 e. The summed E-state index contributed by atoms with van der Waals surface area (Å²) in [6, 6.07) is 5.37. The molecule has 0 heterocycles. The highest BCUT2D eigenvalue weighted by molar-refractivity contribution is 6.33. The van der Waals surface area contributed by atoms with Crippen molar-refractivity contribution in [3.63, 3.8) is 0 Å². The molecule has 1 N–H and O–H groups in total. The van der Waals surface area contributed by atoms with Crippen molar-refractivity contribution in [2.75, 3.05) is 6.61 Å². The number of ether oxygens (including phenoxy) is 1. The normalized spacial score (nSPS) is 16.9. The van der Waals surface area contributed by atoms with E-state index in [1.807, 2.05) is 6.92 Å². The summed E-state index contributed by atoms with van der Waals surface area (Å²) in [6.07, 6.45) is 3.09. The van der Waals surface area contributed by atoms with E-state index < -0.39 is 11.4 Å². The van der Waals surface area contributed by atoms with E-state index in [0.717, 1.165) is 18.4 Å². The van der Waals surface area contributed by atoms with E-state index in [9.17, 15) is 9.90 Å². The van der Waals surface area contributed by atoms with Gasteiger partial charge in [0.1, 0.15) is 12.4 Å². The van der Waals surface area contributed by atoms with Crippen LogP contribution in [-0.4, -0.2) is 17.7 Å². The van der Waals surface area contributed by atoms with Crippen molar-refractivity contribution < 1.29 is 14.6 Å². The average Bonchev–Trinajstić information content (AvgIpc) is 2.88. The summed E-state index contributed by atoms with van der Waals surface area (Å²) < 4.78 is 5.60. The lowest BCUT2D eigenvalue weighted by atomic mass is 9.79. The maximum absolute atomic E-state index is 11.7. The summed E-state index contributed by atoms with van der Waals surface area (Å²) in [5, 5.41) is 10.1. The highest BCUT2D eigenvalue weighted by atomic mass is 35.5. The van der Waals surface area contributed by atoms with E-state index in [-0.39, 0.29) is 0 Å². The third-order valence-electron chi connectivity index (χ3n) is 3.82. The fourth-order valence-electron chi connectivity index (χ4n) is 2.77. The van der Waals surface area contributed by atoms with Gasteiger partial charge in [-0.1, -0.05) is 43.2 Å². The highest BCUT2D eigenvalue weighted by Gasteiger charge is 2.44. The van der Waals surface area contributed by atoms with Gasteiger partial charge in [0, 0.05) is 0 Å². The summed E-state index contributed by atoms with van der Waals surface area (Å²) in [5.41, 5.74) is 0.698. The molecule has 0 radical (unpaired) electrons. The Hall–Kier alpha value is -1.48. The Balaban J connectivity index is 2.39. The van der Waals surface area contributed by atoms with Gasteiger partial charge in [0.15, 0.2) is 0 Å². The molecule has 0 amide bonds. The Morgan fingerprint density at radius 3 is 2.65 bits per heavy atom. The molecule has 4 heteroatoms. The molecule has 3 nitrogen and oxygen atoms in total. The van der Waals surface area contributed by atoms with Gasteiger partial charge in [-0.2, -0.15) is 0 Å². The van der Waals surface area contributed by atoms with Crippen molar-refractivity contribution >= 4 is 17.6 Å². The third-order valence-corrected chi connectivity index (χ3v) is 4.21. The molecule has 0 unspecified atom stereocenters. The van der Waals surface area contributed by atoms with Gasteiger partial charge in [0.25, 0.3) is 0 Å². The van der Waals surface area contributed by atoms with Gasteiger partial charge in [-0.05, 0) is 37.0 Å². The van der Waals surface area contributed by atoms with E-state index in [2.05, 4.69) is 6.58 Å².